The van der Waals surface area contributed by atoms with Crippen LogP contribution in [0.4, 0.5) is 4.79 Å². The average Bonchev–Trinajstić information content (AvgIpc) is 2.94. The second-order valence-corrected chi connectivity index (χ2v) is 9.22. The first kappa shape index (κ1) is 18.9. The number of likely N-dealkylation sites (N-methyl/N-ethyl adjacent to an activating group) is 1. The van der Waals surface area contributed by atoms with E-state index in [2.05, 4.69) is 0 Å². The van der Waals surface area contributed by atoms with Crippen LogP contribution in [0.25, 0.3) is 10.8 Å². The van der Waals surface area contributed by atoms with E-state index in [1.54, 1.807) is 19.2 Å². The third kappa shape index (κ3) is 3.36. The lowest BCUT2D eigenvalue weighted by Crippen LogP contribution is -3.16. The molecular weight excluding hydrogens is 380 g/mol. The number of urea groups is 1. The fourth-order valence-electron chi connectivity index (χ4n) is 3.73. The van der Waals surface area contributed by atoms with Gasteiger partial charge in [0.1, 0.15) is 6.54 Å². The minimum absolute atomic E-state index is 0.106. The van der Waals surface area contributed by atoms with E-state index in [0.29, 0.717) is 31.1 Å². The molecule has 2 saturated heterocycles. The summed E-state index contributed by atoms with van der Waals surface area (Å²) in [5.41, 5.74) is 0. The summed E-state index contributed by atoms with van der Waals surface area (Å²) in [6.07, 6.45) is 0. The molecule has 28 heavy (non-hydrogen) atoms. The lowest BCUT2D eigenvalue weighted by molar-refractivity contribution is -0.910. The Morgan fingerprint density at radius 1 is 1.00 bits per heavy atom. The van der Waals surface area contributed by atoms with Gasteiger partial charge in [-0.15, -0.1) is 0 Å². The summed E-state index contributed by atoms with van der Waals surface area (Å²) in [7, 11) is -1.97. The van der Waals surface area contributed by atoms with Crippen molar-refractivity contribution in [3.8, 4) is 0 Å². The molecule has 2 fully saturated rings. The predicted molar refractivity (Wildman–Crippen MR) is 103 cm³/mol. The maximum Gasteiger partial charge on any atom is 0.331 e. The van der Waals surface area contributed by atoms with Crippen molar-refractivity contribution in [3.05, 3.63) is 42.5 Å². The van der Waals surface area contributed by atoms with Gasteiger partial charge in [-0.05, 0) is 22.9 Å². The number of hydrogen-bond donors (Lipinski definition) is 1. The number of nitrogens with one attached hydrogen (secondary N) is 1. The van der Waals surface area contributed by atoms with Gasteiger partial charge >= 0.3 is 6.03 Å². The van der Waals surface area contributed by atoms with Gasteiger partial charge in [-0.25, -0.2) is 18.1 Å². The Balaban J connectivity index is 1.43. The summed E-state index contributed by atoms with van der Waals surface area (Å²) in [5, 5.41) is 1.89. The van der Waals surface area contributed by atoms with Gasteiger partial charge < -0.3 is 9.80 Å². The zero-order chi connectivity index (χ0) is 19.9. The number of imide groups is 1. The molecule has 2 aliphatic heterocycles. The number of quaternary nitrogens is 1. The van der Waals surface area contributed by atoms with E-state index in [-0.39, 0.29) is 25.2 Å². The minimum atomic E-state index is -3.57. The fourth-order valence-corrected chi connectivity index (χ4v) is 5.20. The minimum Gasteiger partial charge on any atom is -0.318 e. The van der Waals surface area contributed by atoms with E-state index >= 15 is 0 Å². The molecule has 0 saturated carbocycles. The Morgan fingerprint density at radius 3 is 2.32 bits per heavy atom. The summed E-state index contributed by atoms with van der Waals surface area (Å²) in [5.74, 6) is -0.203. The van der Waals surface area contributed by atoms with Crippen molar-refractivity contribution in [1.82, 2.24) is 14.1 Å². The van der Waals surface area contributed by atoms with Crippen molar-refractivity contribution >= 4 is 32.7 Å². The molecule has 0 radical (unpaired) electrons. The molecule has 2 aromatic carbocycles. The quantitative estimate of drug-likeness (QED) is 0.703. The second-order valence-electron chi connectivity index (χ2n) is 7.28. The molecule has 0 bridgehead atoms. The topological polar surface area (TPSA) is 82.4 Å². The highest BCUT2D eigenvalue weighted by atomic mass is 32.2. The number of fused-ring (bicyclic) bond motifs is 1. The lowest BCUT2D eigenvalue weighted by atomic mass is 10.1. The number of piperazine rings is 1. The monoisotopic (exact) mass is 403 g/mol. The SMILES string of the molecule is CN1CC(=O)N(C[NH+]2CCN(S(=O)(=O)c3ccc4ccccc4c3)CC2)C1=O. The van der Waals surface area contributed by atoms with Crippen LogP contribution in [0.2, 0.25) is 0 Å². The predicted octanol–water partition coefficient (Wildman–Crippen LogP) is -0.419. The number of rotatable bonds is 4. The highest BCUT2D eigenvalue weighted by Crippen LogP contribution is 2.22. The van der Waals surface area contributed by atoms with Crippen LogP contribution in [0, 0.1) is 0 Å². The maximum atomic E-state index is 13.0. The average molecular weight is 403 g/mol. The summed E-state index contributed by atoms with van der Waals surface area (Å²) in [6, 6.07) is 12.6. The van der Waals surface area contributed by atoms with Crippen LogP contribution >= 0.6 is 0 Å². The number of hydrogen-bond acceptors (Lipinski definition) is 4. The summed E-state index contributed by atoms with van der Waals surface area (Å²) >= 11 is 0. The number of amides is 3. The van der Waals surface area contributed by atoms with E-state index in [4.69, 9.17) is 0 Å². The van der Waals surface area contributed by atoms with E-state index in [1.165, 1.54) is 14.1 Å². The molecular formula is C19H23N4O4S+. The molecule has 0 spiro atoms. The summed E-state index contributed by atoms with van der Waals surface area (Å²) < 4.78 is 27.5. The number of carbonyl (C=O) groups is 2. The largest absolute Gasteiger partial charge is 0.331 e. The fraction of sp³-hybridized carbons (Fsp3) is 0.368. The highest BCUT2D eigenvalue weighted by Gasteiger charge is 2.38. The number of nitrogens with zero attached hydrogens (tertiary/aromatic N) is 3. The van der Waals surface area contributed by atoms with Gasteiger partial charge in [-0.3, -0.25) is 4.79 Å². The molecule has 148 valence electrons. The summed E-state index contributed by atoms with van der Waals surface area (Å²) in [4.78, 5) is 27.9. The van der Waals surface area contributed by atoms with Crippen LogP contribution in [-0.2, 0) is 14.8 Å². The molecule has 2 aromatic rings. The van der Waals surface area contributed by atoms with Crippen LogP contribution in [0.1, 0.15) is 0 Å². The van der Waals surface area contributed by atoms with Crippen LogP contribution in [0.3, 0.4) is 0 Å². The zero-order valence-corrected chi connectivity index (χ0v) is 16.5. The molecule has 3 amide bonds. The first-order chi connectivity index (χ1) is 13.4. The Hall–Kier alpha value is -2.49. The maximum absolute atomic E-state index is 13.0. The van der Waals surface area contributed by atoms with Crippen molar-refractivity contribution in [2.75, 3.05) is 46.4 Å². The molecule has 9 heteroatoms. The van der Waals surface area contributed by atoms with E-state index in [0.717, 1.165) is 15.7 Å². The molecule has 2 aliphatic rings. The summed E-state index contributed by atoms with van der Waals surface area (Å²) in [6.45, 7) is 2.20. The van der Waals surface area contributed by atoms with Crippen LogP contribution < -0.4 is 4.90 Å². The molecule has 1 N–H and O–H groups in total. The van der Waals surface area contributed by atoms with Crippen molar-refractivity contribution in [2.45, 2.75) is 4.90 Å². The van der Waals surface area contributed by atoms with Crippen LogP contribution in [0.15, 0.2) is 47.4 Å². The third-order valence-electron chi connectivity index (χ3n) is 5.40. The smallest absolute Gasteiger partial charge is 0.318 e. The Labute approximate surface area is 164 Å². The highest BCUT2D eigenvalue weighted by molar-refractivity contribution is 7.89. The first-order valence-corrected chi connectivity index (χ1v) is 10.7. The first-order valence-electron chi connectivity index (χ1n) is 9.24. The van der Waals surface area contributed by atoms with Crippen molar-refractivity contribution < 1.29 is 22.9 Å². The van der Waals surface area contributed by atoms with Crippen LogP contribution in [0.5, 0.6) is 0 Å². The normalized spacial score (nSPS) is 19.8. The van der Waals surface area contributed by atoms with E-state index in [1.807, 2.05) is 30.3 Å². The molecule has 0 atom stereocenters. The van der Waals surface area contributed by atoms with Gasteiger partial charge in [0.05, 0.1) is 31.1 Å². The molecule has 4 rings (SSSR count). The Kier molecular flexibility index (Phi) is 4.82. The van der Waals surface area contributed by atoms with Gasteiger partial charge in [0, 0.05) is 7.05 Å². The van der Waals surface area contributed by atoms with Gasteiger partial charge in [-0.2, -0.15) is 4.31 Å². The molecule has 0 aliphatic carbocycles. The Bertz CT molecular complexity index is 1030. The standard InChI is InChI=1S/C19H22N4O4S/c1-20-13-18(24)23(19(20)25)14-21-8-10-22(11-9-21)28(26,27)17-7-6-15-4-2-3-5-16(15)12-17/h2-7,12H,8-11,13-14H2,1H3/p+1. The van der Waals surface area contributed by atoms with Gasteiger partial charge in [0.15, 0.2) is 6.67 Å². The zero-order valence-electron chi connectivity index (χ0n) is 15.7. The molecule has 8 nitrogen and oxygen atoms in total. The van der Waals surface area contributed by atoms with Gasteiger partial charge in [0.25, 0.3) is 5.91 Å². The van der Waals surface area contributed by atoms with Gasteiger partial charge in [0.2, 0.25) is 10.0 Å². The van der Waals surface area contributed by atoms with Gasteiger partial charge in [-0.1, -0.05) is 30.3 Å². The third-order valence-corrected chi connectivity index (χ3v) is 7.30. The second kappa shape index (κ2) is 7.16. The van der Waals surface area contributed by atoms with E-state index in [9.17, 15) is 18.0 Å². The molecule has 0 unspecified atom stereocenters. The van der Waals surface area contributed by atoms with Crippen molar-refractivity contribution in [2.24, 2.45) is 0 Å². The lowest BCUT2D eigenvalue weighted by Gasteiger charge is -2.32. The van der Waals surface area contributed by atoms with Crippen LogP contribution in [-0.4, -0.2) is 80.9 Å². The molecule has 2 heterocycles. The number of sulfonamides is 1. The van der Waals surface area contributed by atoms with Crippen molar-refractivity contribution in [3.63, 3.8) is 0 Å². The van der Waals surface area contributed by atoms with E-state index < -0.39 is 10.0 Å². The number of benzene rings is 2. The Morgan fingerprint density at radius 2 is 1.68 bits per heavy atom. The molecule has 0 aromatic heterocycles. The number of carbonyl (C=O) groups excluding carboxylic acids is 2. The van der Waals surface area contributed by atoms with Crippen molar-refractivity contribution in [1.29, 1.82) is 0 Å².